The van der Waals surface area contributed by atoms with Gasteiger partial charge < -0.3 is 10.6 Å². The van der Waals surface area contributed by atoms with E-state index in [9.17, 15) is 4.39 Å². The Labute approximate surface area is 161 Å². The lowest BCUT2D eigenvalue weighted by Crippen LogP contribution is -2.41. The second kappa shape index (κ2) is 8.11. The number of rotatable bonds is 7. The van der Waals surface area contributed by atoms with Gasteiger partial charge in [0.25, 0.3) is 0 Å². The van der Waals surface area contributed by atoms with Crippen LogP contribution in [0.1, 0.15) is 49.2 Å². The van der Waals surface area contributed by atoms with Crippen LogP contribution in [-0.2, 0) is 31.8 Å². The Hall–Kier alpha value is -2.37. The van der Waals surface area contributed by atoms with Gasteiger partial charge in [-0.1, -0.05) is 32.0 Å². The summed E-state index contributed by atoms with van der Waals surface area (Å²) in [5.41, 5.74) is 4.32. The topological polar surface area (TPSA) is 54.2 Å². The Kier molecular flexibility index (Phi) is 5.82. The minimum Gasteiger partial charge on any atom is -0.356 e. The zero-order chi connectivity index (χ0) is 19.4. The number of hydrogen-bond donors (Lipinski definition) is 2. The van der Waals surface area contributed by atoms with Gasteiger partial charge in [-0.05, 0) is 37.3 Å². The maximum atomic E-state index is 14.2. The molecule has 1 aliphatic rings. The molecule has 6 heteroatoms. The normalized spacial score (nSPS) is 15.7. The molecule has 1 fully saturated rings. The fraction of sp³-hybridized carbons (Fsp3) is 0.524. The van der Waals surface area contributed by atoms with Gasteiger partial charge in [-0.25, -0.2) is 4.39 Å². The first-order chi connectivity index (χ1) is 13.0. The Morgan fingerprint density at radius 3 is 2.56 bits per heavy atom. The summed E-state index contributed by atoms with van der Waals surface area (Å²) in [5.74, 6) is 0.626. The first-order valence-electron chi connectivity index (χ1n) is 9.77. The van der Waals surface area contributed by atoms with Gasteiger partial charge >= 0.3 is 0 Å². The van der Waals surface area contributed by atoms with E-state index >= 15 is 0 Å². The lowest BCUT2D eigenvalue weighted by molar-refractivity contribution is 0.559. The summed E-state index contributed by atoms with van der Waals surface area (Å²) in [6.07, 6.45) is 3.86. The average Bonchev–Trinajstić information content (AvgIpc) is 3.39. The molecular formula is C21H30FN5. The summed E-state index contributed by atoms with van der Waals surface area (Å²) >= 11 is 0. The minimum absolute atomic E-state index is 0.111. The molecule has 0 saturated heterocycles. The quantitative estimate of drug-likeness (QED) is 0.581. The molecule has 27 heavy (non-hydrogen) atoms. The van der Waals surface area contributed by atoms with Crippen molar-refractivity contribution in [3.63, 3.8) is 0 Å². The van der Waals surface area contributed by atoms with Gasteiger partial charge in [-0.15, -0.1) is 0 Å². The van der Waals surface area contributed by atoms with E-state index in [1.54, 1.807) is 19.2 Å². The average molecular weight is 372 g/mol. The molecule has 2 N–H and O–H groups in total. The lowest BCUT2D eigenvalue weighted by Gasteiger charge is -2.19. The number of aliphatic imine (C=N–C) groups is 1. The molecule has 0 atom stereocenters. The van der Waals surface area contributed by atoms with E-state index in [0.717, 1.165) is 42.9 Å². The molecule has 0 radical (unpaired) electrons. The van der Waals surface area contributed by atoms with E-state index in [-0.39, 0.29) is 11.2 Å². The maximum Gasteiger partial charge on any atom is 0.191 e. The number of nitrogens with zero attached hydrogens (tertiary/aromatic N) is 3. The molecule has 0 aliphatic heterocycles. The molecule has 0 spiro atoms. The summed E-state index contributed by atoms with van der Waals surface area (Å²) in [7, 11) is 3.77. The fourth-order valence-electron chi connectivity index (χ4n) is 3.82. The molecule has 2 aromatic rings. The Bertz CT molecular complexity index is 820. The van der Waals surface area contributed by atoms with Crippen molar-refractivity contribution in [3.05, 3.63) is 52.6 Å². The van der Waals surface area contributed by atoms with Crippen LogP contribution in [0.25, 0.3) is 0 Å². The van der Waals surface area contributed by atoms with Crippen molar-refractivity contribution in [1.29, 1.82) is 0 Å². The highest BCUT2D eigenvalue weighted by Gasteiger charge is 2.45. The highest BCUT2D eigenvalue weighted by molar-refractivity contribution is 5.79. The highest BCUT2D eigenvalue weighted by atomic mass is 19.1. The summed E-state index contributed by atoms with van der Waals surface area (Å²) in [6, 6.07) is 7.10. The van der Waals surface area contributed by atoms with Gasteiger partial charge in [0, 0.05) is 43.9 Å². The van der Waals surface area contributed by atoms with Crippen LogP contribution in [0, 0.1) is 5.82 Å². The van der Waals surface area contributed by atoms with Crippen LogP contribution < -0.4 is 10.6 Å². The van der Waals surface area contributed by atoms with Crippen molar-refractivity contribution in [1.82, 2.24) is 20.4 Å². The van der Waals surface area contributed by atoms with E-state index in [2.05, 4.69) is 34.6 Å². The summed E-state index contributed by atoms with van der Waals surface area (Å²) in [5, 5.41) is 11.4. The molecule has 1 saturated carbocycles. The Morgan fingerprint density at radius 1 is 1.22 bits per heavy atom. The van der Waals surface area contributed by atoms with E-state index in [1.165, 1.54) is 11.3 Å². The zero-order valence-corrected chi connectivity index (χ0v) is 16.8. The van der Waals surface area contributed by atoms with Gasteiger partial charge in [-0.3, -0.25) is 9.67 Å². The molecule has 146 valence electrons. The summed E-state index contributed by atoms with van der Waals surface area (Å²) in [4.78, 5) is 4.34. The molecule has 0 amide bonds. The van der Waals surface area contributed by atoms with Crippen LogP contribution in [0.3, 0.4) is 0 Å². The van der Waals surface area contributed by atoms with E-state index < -0.39 is 0 Å². The standard InChI is InChI=1S/C21H30FN5/c1-5-18-15(19(6-2)27(4)26-18)13-24-20(23-3)25-14-21(11-12-21)16-9-7-8-10-17(16)22/h7-10H,5-6,11-14H2,1-4H3,(H2,23,24,25). The van der Waals surface area contributed by atoms with Crippen molar-refractivity contribution in [2.24, 2.45) is 12.0 Å². The smallest absolute Gasteiger partial charge is 0.191 e. The molecule has 1 aromatic carbocycles. The SMILES string of the molecule is CCc1nn(C)c(CC)c1CNC(=NC)NCC1(c2ccccc2F)CC1. The summed E-state index contributed by atoms with van der Waals surface area (Å²) < 4.78 is 16.2. The third kappa shape index (κ3) is 3.99. The number of hydrogen-bond acceptors (Lipinski definition) is 2. The zero-order valence-electron chi connectivity index (χ0n) is 16.8. The third-order valence-corrected chi connectivity index (χ3v) is 5.58. The summed E-state index contributed by atoms with van der Waals surface area (Å²) in [6.45, 7) is 5.65. The number of benzene rings is 1. The van der Waals surface area contributed by atoms with Gasteiger partial charge in [0.15, 0.2) is 5.96 Å². The highest BCUT2D eigenvalue weighted by Crippen LogP contribution is 2.48. The fourth-order valence-corrected chi connectivity index (χ4v) is 3.82. The largest absolute Gasteiger partial charge is 0.356 e. The van der Waals surface area contributed by atoms with Crippen molar-refractivity contribution in [3.8, 4) is 0 Å². The Balaban J connectivity index is 1.64. The first-order valence-corrected chi connectivity index (χ1v) is 9.77. The minimum atomic E-state index is -0.115. The maximum absolute atomic E-state index is 14.2. The van der Waals surface area contributed by atoms with Crippen molar-refractivity contribution in [2.75, 3.05) is 13.6 Å². The predicted molar refractivity (Wildman–Crippen MR) is 107 cm³/mol. The molecule has 0 unspecified atom stereocenters. The third-order valence-electron chi connectivity index (χ3n) is 5.58. The van der Waals surface area contributed by atoms with E-state index in [4.69, 9.17) is 0 Å². The molecular weight excluding hydrogens is 341 g/mol. The molecule has 3 rings (SSSR count). The first kappa shape index (κ1) is 19.4. The second-order valence-corrected chi connectivity index (χ2v) is 7.24. The van der Waals surface area contributed by atoms with Gasteiger partial charge in [-0.2, -0.15) is 5.10 Å². The van der Waals surface area contributed by atoms with Crippen LogP contribution in [0.2, 0.25) is 0 Å². The van der Waals surface area contributed by atoms with Crippen LogP contribution in [-0.4, -0.2) is 29.3 Å². The van der Waals surface area contributed by atoms with Crippen molar-refractivity contribution >= 4 is 5.96 Å². The number of aromatic nitrogens is 2. The van der Waals surface area contributed by atoms with Crippen LogP contribution in [0.4, 0.5) is 4.39 Å². The predicted octanol–water partition coefficient (Wildman–Crippen LogP) is 3.08. The van der Waals surface area contributed by atoms with Gasteiger partial charge in [0.1, 0.15) is 5.82 Å². The Morgan fingerprint density at radius 2 is 1.96 bits per heavy atom. The number of halogens is 1. The monoisotopic (exact) mass is 371 g/mol. The lowest BCUT2D eigenvalue weighted by atomic mass is 9.95. The number of guanidine groups is 1. The molecule has 1 aromatic heterocycles. The van der Waals surface area contributed by atoms with Gasteiger partial charge in [0.2, 0.25) is 0 Å². The molecule has 0 bridgehead atoms. The van der Waals surface area contributed by atoms with Crippen LogP contribution in [0.15, 0.2) is 29.3 Å². The van der Waals surface area contributed by atoms with Crippen molar-refractivity contribution < 1.29 is 4.39 Å². The van der Waals surface area contributed by atoms with Gasteiger partial charge in [0.05, 0.1) is 5.69 Å². The number of aryl methyl sites for hydroxylation is 2. The molecule has 5 nitrogen and oxygen atoms in total. The van der Waals surface area contributed by atoms with Crippen molar-refractivity contribution in [2.45, 2.75) is 51.5 Å². The molecule has 1 aliphatic carbocycles. The van der Waals surface area contributed by atoms with E-state index in [0.29, 0.717) is 13.1 Å². The van der Waals surface area contributed by atoms with E-state index in [1.807, 2.05) is 23.9 Å². The number of nitrogens with one attached hydrogen (secondary N) is 2. The second-order valence-electron chi connectivity index (χ2n) is 7.24. The van der Waals surface area contributed by atoms with Crippen LogP contribution in [0.5, 0.6) is 0 Å². The molecule has 1 heterocycles. The van der Waals surface area contributed by atoms with Crippen LogP contribution >= 0.6 is 0 Å².